The molecular formula is C22H26F2N2O3S. The Kier molecular flexibility index (Phi) is 7.20. The van der Waals surface area contributed by atoms with E-state index in [0.717, 1.165) is 37.0 Å². The van der Waals surface area contributed by atoms with Crippen LogP contribution in [0.25, 0.3) is 0 Å². The average Bonchev–Trinajstić information content (AvgIpc) is 2.73. The van der Waals surface area contributed by atoms with Crippen LogP contribution >= 0.6 is 0 Å². The number of aryl methyl sites for hydroxylation is 1. The number of piperidine rings is 1. The molecule has 1 N–H and O–H groups in total. The van der Waals surface area contributed by atoms with Gasteiger partial charge in [0.25, 0.3) is 0 Å². The van der Waals surface area contributed by atoms with Crippen molar-refractivity contribution in [2.45, 2.75) is 50.0 Å². The fourth-order valence-corrected chi connectivity index (χ4v) is 5.10. The van der Waals surface area contributed by atoms with Crippen molar-refractivity contribution in [1.29, 1.82) is 0 Å². The summed E-state index contributed by atoms with van der Waals surface area (Å²) in [7, 11) is -3.47. The van der Waals surface area contributed by atoms with Crippen LogP contribution in [0.5, 0.6) is 0 Å². The van der Waals surface area contributed by atoms with Crippen molar-refractivity contribution in [3.05, 3.63) is 65.2 Å². The zero-order chi connectivity index (χ0) is 21.7. The lowest BCUT2D eigenvalue weighted by Gasteiger charge is -2.25. The molecule has 1 aliphatic rings. The molecular weight excluding hydrogens is 410 g/mol. The van der Waals surface area contributed by atoms with E-state index in [2.05, 4.69) is 5.32 Å². The van der Waals surface area contributed by atoms with Crippen LogP contribution in [-0.2, 0) is 21.2 Å². The fraction of sp³-hybridized carbons (Fsp3) is 0.409. The molecule has 2 aromatic carbocycles. The predicted molar refractivity (Wildman–Crippen MR) is 110 cm³/mol. The zero-order valence-corrected chi connectivity index (χ0v) is 17.7. The molecule has 0 aliphatic carbocycles. The highest BCUT2D eigenvalue weighted by Gasteiger charge is 2.25. The second-order valence-electron chi connectivity index (χ2n) is 7.56. The largest absolute Gasteiger partial charge is 0.349 e. The van der Waals surface area contributed by atoms with E-state index in [4.69, 9.17) is 0 Å². The Bertz CT molecular complexity index is 988. The molecule has 1 fully saturated rings. The van der Waals surface area contributed by atoms with Gasteiger partial charge in [-0.3, -0.25) is 4.79 Å². The molecule has 1 heterocycles. The maximum Gasteiger partial charge on any atom is 0.243 e. The number of benzene rings is 2. The molecule has 0 aromatic heterocycles. The molecule has 5 nitrogen and oxygen atoms in total. The Morgan fingerprint density at radius 2 is 1.73 bits per heavy atom. The molecule has 3 rings (SSSR count). The summed E-state index contributed by atoms with van der Waals surface area (Å²) in [6, 6.07) is 9.26. The van der Waals surface area contributed by atoms with Gasteiger partial charge in [0.1, 0.15) is 11.6 Å². The second-order valence-corrected chi connectivity index (χ2v) is 9.50. The first-order valence-corrected chi connectivity index (χ1v) is 11.5. The van der Waals surface area contributed by atoms with Crippen LogP contribution in [0.3, 0.4) is 0 Å². The van der Waals surface area contributed by atoms with Crippen LogP contribution in [0.1, 0.15) is 49.8 Å². The summed E-state index contributed by atoms with van der Waals surface area (Å²) in [6.45, 7) is 2.74. The van der Waals surface area contributed by atoms with Crippen molar-refractivity contribution in [2.75, 3.05) is 13.1 Å². The number of halogens is 2. The van der Waals surface area contributed by atoms with Gasteiger partial charge >= 0.3 is 0 Å². The maximum atomic E-state index is 13.8. The standard InChI is InChI=1S/C22H26F2N2O3S/c1-16(20-11-8-18(23)15-21(20)24)25-22(27)12-7-17-5-9-19(10-6-17)30(28,29)26-13-3-2-4-14-26/h5-6,8-11,15-16H,2-4,7,12-14H2,1H3,(H,25,27). The average molecular weight is 437 g/mol. The summed E-state index contributed by atoms with van der Waals surface area (Å²) in [5.74, 6) is -1.63. The van der Waals surface area contributed by atoms with E-state index in [1.807, 2.05) is 0 Å². The molecule has 8 heteroatoms. The van der Waals surface area contributed by atoms with Gasteiger partial charge < -0.3 is 5.32 Å². The quantitative estimate of drug-likeness (QED) is 0.715. The van der Waals surface area contributed by atoms with Gasteiger partial charge in [-0.2, -0.15) is 4.31 Å². The van der Waals surface area contributed by atoms with Crippen LogP contribution in [0.2, 0.25) is 0 Å². The monoisotopic (exact) mass is 436 g/mol. The summed E-state index contributed by atoms with van der Waals surface area (Å²) in [5, 5.41) is 2.70. The molecule has 30 heavy (non-hydrogen) atoms. The van der Waals surface area contributed by atoms with Crippen molar-refractivity contribution >= 4 is 15.9 Å². The van der Waals surface area contributed by atoms with Gasteiger partial charge in [-0.15, -0.1) is 0 Å². The third kappa shape index (κ3) is 5.43. The van der Waals surface area contributed by atoms with Crippen LogP contribution in [-0.4, -0.2) is 31.7 Å². The van der Waals surface area contributed by atoms with Crippen LogP contribution < -0.4 is 5.32 Å². The van der Waals surface area contributed by atoms with E-state index in [9.17, 15) is 22.0 Å². The Labute approximate surface area is 176 Å². The van der Waals surface area contributed by atoms with Gasteiger partial charge in [0.15, 0.2) is 0 Å². The minimum atomic E-state index is -3.47. The number of sulfonamides is 1. The Hall–Kier alpha value is -2.32. The minimum absolute atomic E-state index is 0.172. The molecule has 0 bridgehead atoms. The van der Waals surface area contributed by atoms with Crippen molar-refractivity contribution < 1.29 is 22.0 Å². The second kappa shape index (κ2) is 9.66. The van der Waals surface area contributed by atoms with Crippen molar-refractivity contribution in [1.82, 2.24) is 9.62 Å². The van der Waals surface area contributed by atoms with Crippen LogP contribution in [0.4, 0.5) is 8.78 Å². The molecule has 0 saturated carbocycles. The summed E-state index contributed by atoms with van der Waals surface area (Å²) >= 11 is 0. The van der Waals surface area contributed by atoms with Crippen molar-refractivity contribution in [2.24, 2.45) is 0 Å². The third-order valence-corrected chi connectivity index (χ3v) is 7.24. The molecule has 1 saturated heterocycles. The normalized spacial score (nSPS) is 16.2. The lowest BCUT2D eigenvalue weighted by molar-refractivity contribution is -0.121. The molecule has 2 aromatic rings. The topological polar surface area (TPSA) is 66.5 Å². The summed E-state index contributed by atoms with van der Waals surface area (Å²) in [4.78, 5) is 12.5. The van der Waals surface area contributed by atoms with E-state index >= 15 is 0 Å². The lowest BCUT2D eigenvalue weighted by Crippen LogP contribution is -2.35. The Morgan fingerprint density at radius 1 is 1.07 bits per heavy atom. The number of hydrogen-bond acceptors (Lipinski definition) is 3. The highest BCUT2D eigenvalue weighted by Crippen LogP contribution is 2.21. The summed E-state index contributed by atoms with van der Waals surface area (Å²) < 4.78 is 53.7. The van der Waals surface area contributed by atoms with E-state index in [1.165, 1.54) is 10.4 Å². The van der Waals surface area contributed by atoms with Crippen LogP contribution in [0, 0.1) is 11.6 Å². The molecule has 0 radical (unpaired) electrons. The number of nitrogens with zero attached hydrogens (tertiary/aromatic N) is 1. The number of rotatable bonds is 7. The van der Waals surface area contributed by atoms with Gasteiger partial charge in [-0.05, 0) is 49.9 Å². The fourth-order valence-electron chi connectivity index (χ4n) is 3.58. The molecule has 1 aliphatic heterocycles. The van der Waals surface area contributed by atoms with Gasteiger partial charge in [-0.25, -0.2) is 17.2 Å². The molecule has 1 unspecified atom stereocenters. The molecule has 0 spiro atoms. The summed E-state index contributed by atoms with van der Waals surface area (Å²) in [6.07, 6.45) is 3.42. The first kappa shape index (κ1) is 22.4. The van der Waals surface area contributed by atoms with Gasteiger partial charge in [-0.1, -0.05) is 24.6 Å². The van der Waals surface area contributed by atoms with Crippen molar-refractivity contribution in [3.63, 3.8) is 0 Å². The smallest absolute Gasteiger partial charge is 0.243 e. The zero-order valence-electron chi connectivity index (χ0n) is 16.9. The number of hydrogen-bond donors (Lipinski definition) is 1. The summed E-state index contributed by atoms with van der Waals surface area (Å²) in [5.41, 5.74) is 1.06. The minimum Gasteiger partial charge on any atom is -0.349 e. The van der Waals surface area contributed by atoms with E-state index in [-0.39, 0.29) is 22.8 Å². The number of amides is 1. The number of nitrogens with one attached hydrogen (secondary N) is 1. The highest BCUT2D eigenvalue weighted by molar-refractivity contribution is 7.89. The first-order valence-electron chi connectivity index (χ1n) is 10.1. The van der Waals surface area contributed by atoms with Gasteiger partial charge in [0.2, 0.25) is 15.9 Å². The van der Waals surface area contributed by atoms with E-state index in [0.29, 0.717) is 19.5 Å². The number of carbonyl (C=O) groups excluding carboxylic acids is 1. The number of carbonyl (C=O) groups is 1. The Morgan fingerprint density at radius 3 is 2.37 bits per heavy atom. The third-order valence-electron chi connectivity index (χ3n) is 5.32. The Balaban J connectivity index is 1.55. The molecule has 1 atom stereocenters. The van der Waals surface area contributed by atoms with Gasteiger partial charge in [0.05, 0.1) is 10.9 Å². The van der Waals surface area contributed by atoms with Gasteiger partial charge in [0, 0.05) is 31.1 Å². The molecule has 162 valence electrons. The highest BCUT2D eigenvalue weighted by atomic mass is 32.2. The molecule has 1 amide bonds. The predicted octanol–water partition coefficient (Wildman–Crippen LogP) is 3.95. The SMILES string of the molecule is CC(NC(=O)CCc1ccc(S(=O)(=O)N2CCCCC2)cc1)c1ccc(F)cc1F. The van der Waals surface area contributed by atoms with Crippen molar-refractivity contribution in [3.8, 4) is 0 Å². The maximum absolute atomic E-state index is 13.8. The van der Waals surface area contributed by atoms with E-state index < -0.39 is 27.7 Å². The first-order chi connectivity index (χ1) is 14.3. The van der Waals surface area contributed by atoms with Crippen LogP contribution in [0.15, 0.2) is 47.4 Å². The van der Waals surface area contributed by atoms with E-state index in [1.54, 1.807) is 31.2 Å². The lowest BCUT2D eigenvalue weighted by atomic mass is 10.1.